The van der Waals surface area contributed by atoms with Gasteiger partial charge in [0.1, 0.15) is 17.4 Å². The molecule has 0 unspecified atom stereocenters. The fourth-order valence-electron chi connectivity index (χ4n) is 2.65. The first-order chi connectivity index (χ1) is 12.7. The molecule has 1 aromatic heterocycles. The standard InChI is InChI=1S/C20H24N4OS/c1-14-15(2)26-19(24-14)13-23-20(21-3)22-11-12-25-18-10-6-8-16-7-4-5-9-17(16)18/h4-10H,11-13H2,1-3H3,(H2,21,22,23). The van der Waals surface area contributed by atoms with E-state index in [1.54, 1.807) is 18.4 Å². The van der Waals surface area contributed by atoms with E-state index in [0.29, 0.717) is 19.7 Å². The molecular formula is C20H24N4OS. The molecule has 0 fully saturated rings. The van der Waals surface area contributed by atoms with Gasteiger partial charge in [0.25, 0.3) is 0 Å². The predicted octanol–water partition coefficient (Wildman–Crippen LogP) is 3.66. The van der Waals surface area contributed by atoms with Crippen molar-refractivity contribution < 1.29 is 4.74 Å². The largest absolute Gasteiger partial charge is 0.491 e. The summed E-state index contributed by atoms with van der Waals surface area (Å²) < 4.78 is 5.94. The molecule has 2 aromatic carbocycles. The summed E-state index contributed by atoms with van der Waals surface area (Å²) in [5, 5.41) is 9.94. The Balaban J connectivity index is 1.47. The molecule has 0 amide bonds. The van der Waals surface area contributed by atoms with Crippen molar-refractivity contribution in [3.63, 3.8) is 0 Å². The summed E-state index contributed by atoms with van der Waals surface area (Å²) >= 11 is 1.71. The molecule has 0 aliphatic carbocycles. The van der Waals surface area contributed by atoms with E-state index in [9.17, 15) is 0 Å². The lowest BCUT2D eigenvalue weighted by atomic mass is 10.1. The van der Waals surface area contributed by atoms with Crippen LogP contribution < -0.4 is 15.4 Å². The van der Waals surface area contributed by atoms with Gasteiger partial charge in [-0.15, -0.1) is 11.3 Å². The van der Waals surface area contributed by atoms with Crippen molar-refractivity contribution in [2.24, 2.45) is 4.99 Å². The van der Waals surface area contributed by atoms with Crippen LogP contribution in [0.25, 0.3) is 10.8 Å². The van der Waals surface area contributed by atoms with Crippen LogP contribution in [0.3, 0.4) is 0 Å². The number of nitrogens with one attached hydrogen (secondary N) is 2. The Hall–Kier alpha value is -2.60. The molecule has 0 aliphatic rings. The van der Waals surface area contributed by atoms with Crippen molar-refractivity contribution in [1.82, 2.24) is 15.6 Å². The molecule has 26 heavy (non-hydrogen) atoms. The fourth-order valence-corrected chi connectivity index (χ4v) is 3.52. The molecule has 1 heterocycles. The third-order valence-electron chi connectivity index (χ3n) is 4.11. The van der Waals surface area contributed by atoms with Crippen LogP contribution in [0.5, 0.6) is 5.75 Å². The van der Waals surface area contributed by atoms with Gasteiger partial charge in [0.2, 0.25) is 0 Å². The summed E-state index contributed by atoms with van der Waals surface area (Å²) in [7, 11) is 1.76. The minimum Gasteiger partial charge on any atom is -0.491 e. The second-order valence-electron chi connectivity index (χ2n) is 5.93. The fraction of sp³-hybridized carbons (Fsp3) is 0.300. The Morgan fingerprint density at radius 1 is 1.12 bits per heavy atom. The zero-order valence-corrected chi connectivity index (χ0v) is 16.2. The number of aromatic nitrogens is 1. The minimum absolute atomic E-state index is 0.560. The minimum atomic E-state index is 0.560. The lowest BCUT2D eigenvalue weighted by molar-refractivity contribution is 0.325. The smallest absolute Gasteiger partial charge is 0.191 e. The molecule has 6 heteroatoms. The molecule has 2 N–H and O–H groups in total. The SMILES string of the molecule is CN=C(NCCOc1cccc2ccccc12)NCc1nc(C)c(C)s1. The van der Waals surface area contributed by atoms with Gasteiger partial charge in [-0.2, -0.15) is 0 Å². The summed E-state index contributed by atoms with van der Waals surface area (Å²) in [6, 6.07) is 14.3. The van der Waals surface area contributed by atoms with Gasteiger partial charge in [0.15, 0.2) is 5.96 Å². The maximum atomic E-state index is 5.94. The monoisotopic (exact) mass is 368 g/mol. The van der Waals surface area contributed by atoms with E-state index in [0.717, 1.165) is 27.8 Å². The number of ether oxygens (including phenoxy) is 1. The van der Waals surface area contributed by atoms with Crippen LogP contribution >= 0.6 is 11.3 Å². The Morgan fingerprint density at radius 2 is 1.92 bits per heavy atom. The second kappa shape index (κ2) is 8.67. The first-order valence-electron chi connectivity index (χ1n) is 8.65. The summed E-state index contributed by atoms with van der Waals surface area (Å²) in [5.74, 6) is 1.65. The number of benzene rings is 2. The van der Waals surface area contributed by atoms with Crippen molar-refractivity contribution >= 4 is 28.1 Å². The average Bonchev–Trinajstić information content (AvgIpc) is 2.99. The molecule has 3 rings (SSSR count). The van der Waals surface area contributed by atoms with E-state index in [1.807, 2.05) is 31.2 Å². The van der Waals surface area contributed by atoms with Crippen LogP contribution in [0.1, 0.15) is 15.6 Å². The third-order valence-corrected chi connectivity index (χ3v) is 5.18. The van der Waals surface area contributed by atoms with E-state index in [-0.39, 0.29) is 0 Å². The quantitative estimate of drug-likeness (QED) is 0.396. The third kappa shape index (κ3) is 4.52. The molecule has 0 spiro atoms. The van der Waals surface area contributed by atoms with Crippen LogP contribution in [0, 0.1) is 13.8 Å². The van der Waals surface area contributed by atoms with E-state index >= 15 is 0 Å². The van der Waals surface area contributed by atoms with Crippen LogP contribution in [0.2, 0.25) is 0 Å². The van der Waals surface area contributed by atoms with E-state index < -0.39 is 0 Å². The molecule has 0 saturated carbocycles. The number of nitrogens with zero attached hydrogens (tertiary/aromatic N) is 2. The van der Waals surface area contributed by atoms with E-state index in [4.69, 9.17) is 4.74 Å². The molecule has 3 aromatic rings. The van der Waals surface area contributed by atoms with Gasteiger partial charge >= 0.3 is 0 Å². The molecular weight excluding hydrogens is 344 g/mol. The van der Waals surface area contributed by atoms with Gasteiger partial charge in [-0.05, 0) is 25.3 Å². The van der Waals surface area contributed by atoms with Crippen molar-refractivity contribution in [2.45, 2.75) is 20.4 Å². The lowest BCUT2D eigenvalue weighted by Gasteiger charge is -2.12. The number of guanidine groups is 1. The molecule has 0 bridgehead atoms. The Kier molecular flexibility index (Phi) is 6.07. The van der Waals surface area contributed by atoms with Crippen LogP contribution in [-0.4, -0.2) is 31.1 Å². The molecule has 0 atom stereocenters. The van der Waals surface area contributed by atoms with Gasteiger partial charge < -0.3 is 15.4 Å². The summed E-state index contributed by atoms with van der Waals surface area (Å²) in [4.78, 5) is 10.0. The first kappa shape index (κ1) is 18.2. The average molecular weight is 369 g/mol. The number of fused-ring (bicyclic) bond motifs is 1. The van der Waals surface area contributed by atoms with Crippen molar-refractivity contribution in [1.29, 1.82) is 0 Å². The Bertz CT molecular complexity index is 879. The number of aryl methyl sites for hydroxylation is 2. The maximum Gasteiger partial charge on any atom is 0.191 e. The van der Waals surface area contributed by atoms with Gasteiger partial charge in [0.05, 0.1) is 18.8 Å². The first-order valence-corrected chi connectivity index (χ1v) is 9.47. The second-order valence-corrected chi connectivity index (χ2v) is 7.22. The number of hydrogen-bond donors (Lipinski definition) is 2. The Morgan fingerprint density at radius 3 is 2.69 bits per heavy atom. The molecule has 0 radical (unpaired) electrons. The highest BCUT2D eigenvalue weighted by atomic mass is 32.1. The van der Waals surface area contributed by atoms with E-state index in [1.165, 1.54) is 10.3 Å². The lowest BCUT2D eigenvalue weighted by Crippen LogP contribution is -2.38. The summed E-state index contributed by atoms with van der Waals surface area (Å²) in [6.07, 6.45) is 0. The number of rotatable bonds is 6. The number of thiazole rings is 1. The summed E-state index contributed by atoms with van der Waals surface area (Å²) in [5.41, 5.74) is 1.10. The van der Waals surface area contributed by atoms with Crippen molar-refractivity contribution in [3.8, 4) is 5.75 Å². The highest BCUT2D eigenvalue weighted by molar-refractivity contribution is 7.11. The Labute approximate surface area is 158 Å². The van der Waals surface area contributed by atoms with Gasteiger partial charge in [-0.3, -0.25) is 4.99 Å². The van der Waals surface area contributed by atoms with E-state index in [2.05, 4.69) is 45.7 Å². The normalized spacial score (nSPS) is 11.6. The number of aliphatic imine (C=N–C) groups is 1. The van der Waals surface area contributed by atoms with Crippen LogP contribution in [-0.2, 0) is 6.54 Å². The van der Waals surface area contributed by atoms with Crippen molar-refractivity contribution in [3.05, 3.63) is 58.0 Å². The summed E-state index contributed by atoms with van der Waals surface area (Å²) in [6.45, 7) is 6.02. The van der Waals surface area contributed by atoms with Gasteiger partial charge in [-0.25, -0.2) is 4.98 Å². The highest BCUT2D eigenvalue weighted by Crippen LogP contribution is 2.24. The molecule has 5 nitrogen and oxygen atoms in total. The topological polar surface area (TPSA) is 58.5 Å². The van der Waals surface area contributed by atoms with Crippen molar-refractivity contribution in [2.75, 3.05) is 20.2 Å². The molecule has 0 aliphatic heterocycles. The molecule has 0 saturated heterocycles. The zero-order valence-electron chi connectivity index (χ0n) is 15.4. The maximum absolute atomic E-state index is 5.94. The van der Waals surface area contributed by atoms with Gasteiger partial charge in [0, 0.05) is 17.3 Å². The van der Waals surface area contributed by atoms with Crippen LogP contribution in [0.4, 0.5) is 0 Å². The highest BCUT2D eigenvalue weighted by Gasteiger charge is 2.05. The predicted molar refractivity (Wildman–Crippen MR) is 109 cm³/mol. The number of hydrogen-bond acceptors (Lipinski definition) is 4. The molecule has 136 valence electrons. The zero-order chi connectivity index (χ0) is 18.4. The van der Waals surface area contributed by atoms with Crippen LogP contribution in [0.15, 0.2) is 47.5 Å². The van der Waals surface area contributed by atoms with Gasteiger partial charge in [-0.1, -0.05) is 36.4 Å².